The number of carbonyl (C=O) groups excluding carboxylic acids is 1. The van der Waals surface area contributed by atoms with Gasteiger partial charge in [0, 0.05) is 49.6 Å². The van der Waals surface area contributed by atoms with E-state index in [1.807, 2.05) is 42.3 Å². The van der Waals surface area contributed by atoms with Crippen LogP contribution in [0, 0.1) is 0 Å². The van der Waals surface area contributed by atoms with Crippen LogP contribution in [0.2, 0.25) is 0 Å². The monoisotopic (exact) mass is 427 g/mol. The second-order valence-corrected chi connectivity index (χ2v) is 8.04. The molecule has 1 aliphatic carbocycles. The molecule has 2 aromatic rings. The molecule has 164 valence electrons. The number of pyridine rings is 1. The molecule has 0 saturated carbocycles. The molecule has 0 unspecified atom stereocenters. The van der Waals surface area contributed by atoms with Gasteiger partial charge in [0.15, 0.2) is 0 Å². The molecule has 0 bridgehead atoms. The number of hydrogen-bond donors (Lipinski definition) is 1. The van der Waals surface area contributed by atoms with Crippen LogP contribution in [-0.2, 0) is 4.79 Å². The van der Waals surface area contributed by atoms with Gasteiger partial charge in [0.05, 0.1) is 11.4 Å². The van der Waals surface area contributed by atoms with E-state index in [-0.39, 0.29) is 5.91 Å². The number of fused-ring (bicyclic) bond motifs is 3. The summed E-state index contributed by atoms with van der Waals surface area (Å²) in [4.78, 5) is 27.8. The minimum Gasteiger partial charge on any atom is -0.354 e. The van der Waals surface area contributed by atoms with E-state index in [2.05, 4.69) is 34.5 Å². The zero-order chi connectivity index (χ0) is 22.5. The largest absolute Gasteiger partial charge is 0.354 e. The highest BCUT2D eigenvalue weighted by Gasteiger charge is 2.22. The van der Waals surface area contributed by atoms with Gasteiger partial charge in [-0.25, -0.2) is 9.97 Å². The zero-order valence-corrected chi connectivity index (χ0v) is 18.6. The Morgan fingerprint density at radius 2 is 2.12 bits per heavy atom. The van der Waals surface area contributed by atoms with Crippen LogP contribution in [0.1, 0.15) is 43.9 Å². The molecule has 4 rings (SSSR count). The number of rotatable bonds is 7. The van der Waals surface area contributed by atoms with Crippen molar-refractivity contribution < 1.29 is 4.79 Å². The molecule has 0 radical (unpaired) electrons. The third-order valence-corrected chi connectivity index (χ3v) is 5.87. The maximum Gasteiger partial charge on any atom is 0.223 e. The van der Waals surface area contributed by atoms with Crippen LogP contribution >= 0.6 is 0 Å². The van der Waals surface area contributed by atoms with Crippen molar-refractivity contribution in [1.82, 2.24) is 19.9 Å². The van der Waals surface area contributed by atoms with Crippen molar-refractivity contribution in [3.63, 3.8) is 0 Å². The fourth-order valence-electron chi connectivity index (χ4n) is 4.29. The van der Waals surface area contributed by atoms with Crippen LogP contribution < -0.4 is 5.32 Å². The molecule has 2 aromatic heterocycles. The van der Waals surface area contributed by atoms with Crippen molar-refractivity contribution in [3.8, 4) is 11.3 Å². The van der Waals surface area contributed by atoms with Gasteiger partial charge in [0.1, 0.15) is 0 Å². The highest BCUT2D eigenvalue weighted by Crippen LogP contribution is 2.39. The van der Waals surface area contributed by atoms with Gasteiger partial charge in [-0.2, -0.15) is 0 Å². The number of hydrogen-bond acceptors (Lipinski definition) is 5. The number of likely N-dealkylation sites (tertiary alicyclic amines) is 1. The molecule has 1 N–H and O–H groups in total. The quantitative estimate of drug-likeness (QED) is 0.637. The Kier molecular flexibility index (Phi) is 6.59. The van der Waals surface area contributed by atoms with Gasteiger partial charge in [0.25, 0.3) is 0 Å². The van der Waals surface area contributed by atoms with Gasteiger partial charge in [-0.15, -0.1) is 0 Å². The minimum atomic E-state index is 0.257. The fraction of sp³-hybridized carbons (Fsp3) is 0.308. The first kappa shape index (κ1) is 21.7. The second-order valence-electron chi connectivity index (χ2n) is 8.04. The maximum absolute atomic E-state index is 11.8. The van der Waals surface area contributed by atoms with E-state index in [1.165, 1.54) is 0 Å². The van der Waals surface area contributed by atoms with Crippen LogP contribution in [0.15, 0.2) is 61.5 Å². The summed E-state index contributed by atoms with van der Waals surface area (Å²) in [6, 6.07) is 3.96. The van der Waals surface area contributed by atoms with E-state index >= 15 is 0 Å². The summed E-state index contributed by atoms with van der Waals surface area (Å²) in [5.41, 5.74) is 6.64. The summed E-state index contributed by atoms with van der Waals surface area (Å²) in [6.07, 6.45) is 12.8. The first-order valence-electron chi connectivity index (χ1n) is 11.1. The van der Waals surface area contributed by atoms with Crippen molar-refractivity contribution in [1.29, 1.82) is 0 Å². The normalized spacial score (nSPS) is 16.1. The van der Waals surface area contributed by atoms with E-state index in [0.29, 0.717) is 25.3 Å². The van der Waals surface area contributed by atoms with Crippen molar-refractivity contribution in [3.05, 3.63) is 72.7 Å². The molecule has 32 heavy (non-hydrogen) atoms. The van der Waals surface area contributed by atoms with E-state index < -0.39 is 0 Å². The lowest BCUT2D eigenvalue weighted by atomic mass is 9.87. The van der Waals surface area contributed by atoms with Crippen LogP contribution in [0.3, 0.4) is 0 Å². The summed E-state index contributed by atoms with van der Waals surface area (Å²) in [5, 5.41) is 3.33. The molecule has 0 atom stereocenters. The smallest absolute Gasteiger partial charge is 0.223 e. The predicted molar refractivity (Wildman–Crippen MR) is 130 cm³/mol. The lowest BCUT2D eigenvalue weighted by Gasteiger charge is -2.21. The minimum absolute atomic E-state index is 0.257. The third-order valence-electron chi connectivity index (χ3n) is 5.87. The van der Waals surface area contributed by atoms with Crippen LogP contribution in [-0.4, -0.2) is 45.4 Å². The average Bonchev–Trinajstić information content (AvgIpc) is 3.22. The molecule has 2 aliphatic rings. The van der Waals surface area contributed by atoms with E-state index in [9.17, 15) is 4.79 Å². The van der Waals surface area contributed by atoms with Crippen molar-refractivity contribution in [2.45, 2.75) is 32.6 Å². The van der Waals surface area contributed by atoms with Gasteiger partial charge in [-0.1, -0.05) is 31.4 Å². The number of nitrogens with one attached hydrogen (secondary N) is 1. The lowest BCUT2D eigenvalue weighted by Crippen LogP contribution is -2.27. The molecular weight excluding hydrogens is 398 g/mol. The molecular formula is C26H29N5O. The molecule has 1 saturated heterocycles. The number of carbonyl (C=O) groups is 1. The van der Waals surface area contributed by atoms with Crippen LogP contribution in [0.5, 0.6) is 0 Å². The van der Waals surface area contributed by atoms with Crippen molar-refractivity contribution in [2.24, 2.45) is 0 Å². The van der Waals surface area contributed by atoms with Crippen LogP contribution in [0.4, 0.5) is 5.95 Å². The fourth-order valence-corrected chi connectivity index (χ4v) is 4.29. The molecule has 0 spiro atoms. The molecule has 3 heterocycles. The van der Waals surface area contributed by atoms with Crippen molar-refractivity contribution in [2.75, 3.05) is 25.0 Å². The van der Waals surface area contributed by atoms with Gasteiger partial charge in [-0.05, 0) is 55.0 Å². The third kappa shape index (κ3) is 4.40. The predicted octanol–water partition coefficient (Wildman–Crippen LogP) is 4.90. The topological polar surface area (TPSA) is 71.0 Å². The highest BCUT2D eigenvalue weighted by atomic mass is 16.2. The number of allylic oxidation sites excluding steroid dienone is 6. The Balaban J connectivity index is 1.66. The molecule has 6 nitrogen and oxygen atoms in total. The van der Waals surface area contributed by atoms with Crippen molar-refractivity contribution >= 4 is 23.0 Å². The Morgan fingerprint density at radius 3 is 2.88 bits per heavy atom. The SMILES string of the molecule is C=CC1=C(C=CC)c2cnc(NCCCN3CCCC3=O)nc2-c2cccnc2C(=C)C1. The Hall–Kier alpha value is -3.54. The second kappa shape index (κ2) is 9.73. The number of nitrogens with zero attached hydrogens (tertiary/aromatic N) is 4. The molecule has 6 heteroatoms. The van der Waals surface area contributed by atoms with E-state index in [4.69, 9.17) is 4.98 Å². The Labute approximate surface area is 189 Å². The molecule has 1 aliphatic heterocycles. The lowest BCUT2D eigenvalue weighted by molar-refractivity contribution is -0.127. The Bertz CT molecular complexity index is 1110. The van der Waals surface area contributed by atoms with Crippen LogP contribution in [0.25, 0.3) is 22.4 Å². The maximum atomic E-state index is 11.8. The summed E-state index contributed by atoms with van der Waals surface area (Å²) >= 11 is 0. The van der Waals surface area contributed by atoms with Gasteiger partial charge < -0.3 is 10.2 Å². The number of anilines is 1. The standard InChI is InChI=1S/C26H29N5O/c1-4-9-20-19(5-2)16-18(3)24-21(10-6-12-27-24)25-22(20)17-29-26(30-25)28-13-8-15-31-14-7-11-23(31)32/h4-6,9-10,12,17H,2-3,7-8,11,13-16H2,1H3,(H,28,29,30). The van der Waals surface area contributed by atoms with E-state index in [1.54, 1.807) is 6.20 Å². The Morgan fingerprint density at radius 1 is 1.25 bits per heavy atom. The van der Waals surface area contributed by atoms with E-state index in [0.717, 1.165) is 65.2 Å². The zero-order valence-electron chi connectivity index (χ0n) is 18.6. The summed E-state index contributed by atoms with van der Waals surface area (Å²) < 4.78 is 0. The summed E-state index contributed by atoms with van der Waals surface area (Å²) in [5.74, 6) is 0.825. The van der Waals surface area contributed by atoms with Gasteiger partial charge >= 0.3 is 0 Å². The average molecular weight is 428 g/mol. The molecule has 0 aromatic carbocycles. The highest BCUT2D eigenvalue weighted by molar-refractivity contribution is 5.92. The van der Waals surface area contributed by atoms with Gasteiger partial charge in [0.2, 0.25) is 11.9 Å². The summed E-state index contributed by atoms with van der Waals surface area (Å²) in [6.45, 7) is 12.6. The first-order chi connectivity index (χ1) is 15.6. The first-order valence-corrected chi connectivity index (χ1v) is 11.1. The summed E-state index contributed by atoms with van der Waals surface area (Å²) in [7, 11) is 0. The molecule has 1 fully saturated rings. The van der Waals surface area contributed by atoms with Gasteiger partial charge in [-0.3, -0.25) is 9.78 Å². The number of amides is 1. The number of aromatic nitrogens is 3. The molecule has 1 amide bonds.